The van der Waals surface area contributed by atoms with Gasteiger partial charge in [0.25, 0.3) is 0 Å². The monoisotopic (exact) mass is 490 g/mol. The second kappa shape index (κ2) is 10.3. The fraction of sp³-hybridized carbons (Fsp3) is 0.226. The first kappa shape index (κ1) is 24.4. The number of anilines is 2. The molecule has 0 aromatic heterocycles. The Morgan fingerprint density at radius 1 is 0.622 bits per heavy atom. The van der Waals surface area contributed by atoms with E-state index in [0.717, 1.165) is 17.5 Å². The summed E-state index contributed by atoms with van der Waals surface area (Å²) < 4.78 is 0. The van der Waals surface area contributed by atoms with E-state index >= 15 is 0 Å². The highest BCUT2D eigenvalue weighted by molar-refractivity contribution is 6.06. The molecule has 1 heterocycles. The molecule has 0 spiro atoms. The van der Waals surface area contributed by atoms with Crippen molar-refractivity contribution in [3.8, 4) is 0 Å². The average Bonchev–Trinajstić information content (AvgIpc) is 3.31. The van der Waals surface area contributed by atoms with Crippen molar-refractivity contribution >= 4 is 45.3 Å². The van der Waals surface area contributed by atoms with Gasteiger partial charge in [0.2, 0.25) is 0 Å². The van der Waals surface area contributed by atoms with Crippen LogP contribution in [0.4, 0.5) is 11.4 Å². The summed E-state index contributed by atoms with van der Waals surface area (Å²) in [4.78, 5) is 4.29. The zero-order valence-electron chi connectivity index (χ0n) is 22.2. The molecule has 1 aliphatic rings. The lowest BCUT2D eigenvalue weighted by atomic mass is 10.0. The number of hydrogen-bond acceptors (Lipinski definition) is 6. The van der Waals surface area contributed by atoms with Crippen LogP contribution in [-0.2, 0) is 0 Å². The molecule has 1 aliphatic heterocycles. The van der Waals surface area contributed by atoms with Gasteiger partial charge in [0, 0.05) is 73.9 Å². The van der Waals surface area contributed by atoms with Crippen LogP contribution in [-0.4, -0.2) is 56.8 Å². The highest BCUT2D eigenvalue weighted by Crippen LogP contribution is 2.29. The van der Waals surface area contributed by atoms with E-state index in [2.05, 4.69) is 118 Å². The lowest BCUT2D eigenvalue weighted by Gasteiger charge is -2.25. The van der Waals surface area contributed by atoms with Crippen molar-refractivity contribution < 1.29 is 0 Å². The van der Waals surface area contributed by atoms with E-state index in [9.17, 15) is 0 Å². The fourth-order valence-corrected chi connectivity index (χ4v) is 4.94. The molecule has 0 saturated carbocycles. The molecule has 0 saturated heterocycles. The van der Waals surface area contributed by atoms with E-state index in [1.807, 2.05) is 34.8 Å². The quantitative estimate of drug-likeness (QED) is 0.284. The third kappa shape index (κ3) is 4.75. The van der Waals surface area contributed by atoms with Crippen molar-refractivity contribution in [3.63, 3.8) is 0 Å². The Morgan fingerprint density at radius 3 is 1.41 bits per heavy atom. The van der Waals surface area contributed by atoms with Crippen LogP contribution in [0.3, 0.4) is 0 Å². The van der Waals surface area contributed by atoms with Crippen molar-refractivity contribution in [2.75, 3.05) is 38.0 Å². The molecule has 0 N–H and O–H groups in total. The number of benzene rings is 4. The van der Waals surface area contributed by atoms with E-state index in [4.69, 9.17) is 10.2 Å². The molecular formula is C31H34N6. The van der Waals surface area contributed by atoms with Crippen molar-refractivity contribution in [1.29, 1.82) is 0 Å². The van der Waals surface area contributed by atoms with E-state index in [-0.39, 0.29) is 6.17 Å². The van der Waals surface area contributed by atoms with Gasteiger partial charge in [0.05, 0.1) is 12.4 Å². The van der Waals surface area contributed by atoms with Crippen LogP contribution in [0.1, 0.15) is 24.5 Å². The number of rotatable bonds is 7. The summed E-state index contributed by atoms with van der Waals surface area (Å²) in [5.74, 6) is 0. The molecule has 4 aromatic rings. The SMILES string of the molecule is CCC1N(N=Cc2ccc(N(C)C)c3ccccc23)C=CN1N=Cc1ccc(N(C)C)c2ccccc12. The van der Waals surface area contributed by atoms with Gasteiger partial charge in [0.15, 0.2) is 0 Å². The lowest BCUT2D eigenvalue weighted by Crippen LogP contribution is -2.32. The van der Waals surface area contributed by atoms with Gasteiger partial charge in [-0.05, 0) is 29.3 Å². The molecule has 37 heavy (non-hydrogen) atoms. The van der Waals surface area contributed by atoms with Gasteiger partial charge in [0.1, 0.15) is 6.17 Å². The zero-order chi connectivity index (χ0) is 25.9. The molecule has 6 nitrogen and oxygen atoms in total. The molecular weight excluding hydrogens is 456 g/mol. The van der Waals surface area contributed by atoms with Gasteiger partial charge < -0.3 is 9.80 Å². The van der Waals surface area contributed by atoms with Crippen molar-refractivity contribution in [2.45, 2.75) is 19.5 Å². The molecule has 0 atom stereocenters. The summed E-state index contributed by atoms with van der Waals surface area (Å²) in [7, 11) is 8.30. The Kier molecular flexibility index (Phi) is 6.82. The molecule has 0 bridgehead atoms. The van der Waals surface area contributed by atoms with Crippen molar-refractivity contribution in [2.24, 2.45) is 10.2 Å². The maximum atomic E-state index is 4.84. The van der Waals surface area contributed by atoms with E-state index < -0.39 is 0 Å². The smallest absolute Gasteiger partial charge is 0.143 e. The second-order valence-corrected chi connectivity index (χ2v) is 9.66. The van der Waals surface area contributed by atoms with Crippen LogP contribution < -0.4 is 9.80 Å². The zero-order valence-corrected chi connectivity index (χ0v) is 22.2. The van der Waals surface area contributed by atoms with Crippen molar-refractivity contribution in [1.82, 2.24) is 10.0 Å². The molecule has 188 valence electrons. The lowest BCUT2D eigenvalue weighted by molar-refractivity contribution is 0.157. The molecule has 0 fully saturated rings. The minimum Gasteiger partial charge on any atom is -0.377 e. The van der Waals surface area contributed by atoms with Crippen LogP contribution in [0, 0.1) is 0 Å². The number of nitrogens with zero attached hydrogens (tertiary/aromatic N) is 6. The van der Waals surface area contributed by atoms with Crippen LogP contribution in [0.2, 0.25) is 0 Å². The third-order valence-corrected chi connectivity index (χ3v) is 6.84. The van der Waals surface area contributed by atoms with Crippen LogP contribution in [0.5, 0.6) is 0 Å². The van der Waals surface area contributed by atoms with E-state index in [1.54, 1.807) is 0 Å². The van der Waals surface area contributed by atoms with Gasteiger partial charge in [-0.25, -0.2) is 10.0 Å². The Hall–Kier alpha value is -4.32. The highest BCUT2D eigenvalue weighted by Gasteiger charge is 2.24. The minimum atomic E-state index is 0.0205. The van der Waals surface area contributed by atoms with Gasteiger partial charge in [-0.2, -0.15) is 10.2 Å². The molecule has 4 aromatic carbocycles. The minimum absolute atomic E-state index is 0.0205. The largest absolute Gasteiger partial charge is 0.377 e. The summed E-state index contributed by atoms with van der Waals surface area (Å²) in [6, 6.07) is 25.6. The van der Waals surface area contributed by atoms with Gasteiger partial charge in [-0.1, -0.05) is 67.6 Å². The van der Waals surface area contributed by atoms with Gasteiger partial charge in [-0.15, -0.1) is 0 Å². The normalized spacial score (nSPS) is 15.6. The van der Waals surface area contributed by atoms with Crippen LogP contribution in [0.15, 0.2) is 95.4 Å². The molecule has 0 aliphatic carbocycles. The summed E-state index contributed by atoms with van der Waals surface area (Å²) in [6.45, 7) is 2.16. The predicted molar refractivity (Wildman–Crippen MR) is 159 cm³/mol. The summed E-state index contributed by atoms with van der Waals surface area (Å²) >= 11 is 0. The topological polar surface area (TPSA) is 37.7 Å². The fourth-order valence-electron chi connectivity index (χ4n) is 4.94. The Morgan fingerprint density at radius 2 is 1.03 bits per heavy atom. The van der Waals surface area contributed by atoms with Crippen LogP contribution in [0.25, 0.3) is 21.5 Å². The standard InChI is InChI=1S/C31H34N6/c1-6-31-36(32-21-23-15-17-29(34(2)3)27-13-9-7-11-25(23)27)19-20-37(31)33-22-24-16-18-30(35(4)5)28-14-10-8-12-26(24)28/h7-22,31H,6H2,1-5H3. The number of fused-ring (bicyclic) bond motifs is 2. The summed E-state index contributed by atoms with van der Waals surface area (Å²) in [6.07, 6.45) is 8.79. The first-order valence-corrected chi connectivity index (χ1v) is 12.7. The second-order valence-electron chi connectivity index (χ2n) is 9.66. The highest BCUT2D eigenvalue weighted by atomic mass is 15.6. The predicted octanol–water partition coefficient (Wildman–Crippen LogP) is 6.32. The Bertz CT molecular complexity index is 1390. The Balaban J connectivity index is 1.39. The van der Waals surface area contributed by atoms with Gasteiger partial charge >= 0.3 is 0 Å². The molecule has 0 amide bonds. The van der Waals surface area contributed by atoms with Crippen molar-refractivity contribution in [3.05, 3.63) is 96.3 Å². The molecule has 0 unspecified atom stereocenters. The van der Waals surface area contributed by atoms with Gasteiger partial charge in [-0.3, -0.25) is 0 Å². The first-order chi connectivity index (χ1) is 18.0. The number of hydrogen-bond donors (Lipinski definition) is 0. The summed E-state index contributed by atoms with van der Waals surface area (Å²) in [5, 5.41) is 18.5. The maximum Gasteiger partial charge on any atom is 0.143 e. The third-order valence-electron chi connectivity index (χ3n) is 6.84. The van der Waals surface area contributed by atoms with E-state index in [0.29, 0.717) is 0 Å². The Labute approximate surface area is 219 Å². The maximum absolute atomic E-state index is 4.84. The van der Waals surface area contributed by atoms with E-state index in [1.165, 1.54) is 32.9 Å². The van der Waals surface area contributed by atoms with Crippen LogP contribution >= 0.6 is 0 Å². The average molecular weight is 491 g/mol. The molecule has 5 rings (SSSR count). The summed E-state index contributed by atoms with van der Waals surface area (Å²) in [5.41, 5.74) is 4.59. The molecule has 0 radical (unpaired) electrons. The molecule has 6 heteroatoms. The number of hydrazone groups is 2. The first-order valence-electron chi connectivity index (χ1n) is 12.7.